The van der Waals surface area contributed by atoms with Gasteiger partial charge in [-0.2, -0.15) is 0 Å². The van der Waals surface area contributed by atoms with E-state index in [0.717, 1.165) is 58.4 Å². The molecule has 0 heterocycles. The molecule has 0 amide bonds. The Balaban J connectivity index is 2.10. The fourth-order valence-electron chi connectivity index (χ4n) is 2.33. The summed E-state index contributed by atoms with van der Waals surface area (Å²) in [5.74, 6) is 0. The Morgan fingerprint density at radius 1 is 1.18 bits per heavy atom. The summed E-state index contributed by atoms with van der Waals surface area (Å²) in [7, 11) is 0. The van der Waals surface area contributed by atoms with Crippen molar-refractivity contribution in [3.05, 3.63) is 0 Å². The molecular weight excluding hydrogens is 214 g/mol. The van der Waals surface area contributed by atoms with Crippen molar-refractivity contribution in [2.45, 2.75) is 58.5 Å². The van der Waals surface area contributed by atoms with Gasteiger partial charge < -0.3 is 15.2 Å². The molecule has 1 aliphatic carbocycles. The summed E-state index contributed by atoms with van der Waals surface area (Å²) >= 11 is 0. The van der Waals surface area contributed by atoms with Gasteiger partial charge in [-0.3, -0.25) is 0 Å². The van der Waals surface area contributed by atoms with Crippen LogP contribution in [0.4, 0.5) is 0 Å². The first-order valence-electron chi connectivity index (χ1n) is 6.98. The second-order valence-corrected chi connectivity index (χ2v) is 6.12. The van der Waals surface area contributed by atoms with Crippen LogP contribution < -0.4 is 5.32 Å². The van der Waals surface area contributed by atoms with Crippen LogP contribution in [-0.4, -0.2) is 37.0 Å². The molecule has 0 aliphatic heterocycles. The average Bonchev–Trinajstić information content (AvgIpc) is 2.28. The standard InChI is InChI=1S/C14H29NO2/c1-4-17-11-5-10-15-12-14(16)8-6-13(2,3)7-9-14/h15-16H,4-12H2,1-3H3. The molecule has 3 nitrogen and oxygen atoms in total. The summed E-state index contributed by atoms with van der Waals surface area (Å²) in [5, 5.41) is 13.8. The molecule has 102 valence electrons. The first kappa shape index (κ1) is 14.9. The highest BCUT2D eigenvalue weighted by Crippen LogP contribution is 2.39. The third kappa shape index (κ3) is 5.84. The summed E-state index contributed by atoms with van der Waals surface area (Å²) in [6.07, 6.45) is 5.14. The number of aliphatic hydroxyl groups is 1. The minimum absolute atomic E-state index is 0.418. The highest BCUT2D eigenvalue weighted by Gasteiger charge is 2.36. The lowest BCUT2D eigenvalue weighted by molar-refractivity contribution is -0.0244. The molecule has 0 unspecified atom stereocenters. The summed E-state index contributed by atoms with van der Waals surface area (Å²) in [6.45, 7) is 9.87. The van der Waals surface area contributed by atoms with Gasteiger partial charge in [0.15, 0.2) is 0 Å². The molecule has 0 aromatic heterocycles. The van der Waals surface area contributed by atoms with Gasteiger partial charge in [0, 0.05) is 19.8 Å². The lowest BCUT2D eigenvalue weighted by Crippen LogP contribution is -2.45. The Morgan fingerprint density at radius 2 is 1.82 bits per heavy atom. The van der Waals surface area contributed by atoms with Crippen molar-refractivity contribution in [1.29, 1.82) is 0 Å². The van der Waals surface area contributed by atoms with Crippen molar-refractivity contribution in [2.24, 2.45) is 5.41 Å². The van der Waals surface area contributed by atoms with E-state index in [4.69, 9.17) is 4.74 Å². The smallest absolute Gasteiger partial charge is 0.0772 e. The van der Waals surface area contributed by atoms with Gasteiger partial charge in [0.2, 0.25) is 0 Å². The van der Waals surface area contributed by atoms with E-state index in [9.17, 15) is 5.11 Å². The molecule has 2 N–H and O–H groups in total. The first-order chi connectivity index (χ1) is 7.97. The predicted octanol–water partition coefficient (Wildman–Crippen LogP) is 2.33. The highest BCUT2D eigenvalue weighted by atomic mass is 16.5. The molecule has 0 atom stereocenters. The van der Waals surface area contributed by atoms with Crippen molar-refractivity contribution in [1.82, 2.24) is 5.32 Å². The number of hydrogen-bond donors (Lipinski definition) is 2. The fraction of sp³-hybridized carbons (Fsp3) is 1.00. The normalized spacial score (nSPS) is 22.6. The molecular formula is C14H29NO2. The lowest BCUT2D eigenvalue weighted by atomic mass is 9.71. The number of hydrogen-bond acceptors (Lipinski definition) is 3. The SMILES string of the molecule is CCOCCCNCC1(O)CCC(C)(C)CC1. The molecule has 17 heavy (non-hydrogen) atoms. The summed E-state index contributed by atoms with van der Waals surface area (Å²) in [6, 6.07) is 0. The lowest BCUT2D eigenvalue weighted by Gasteiger charge is -2.40. The van der Waals surface area contributed by atoms with Crippen LogP contribution >= 0.6 is 0 Å². The monoisotopic (exact) mass is 243 g/mol. The molecule has 3 heteroatoms. The second-order valence-electron chi connectivity index (χ2n) is 6.12. The van der Waals surface area contributed by atoms with Gasteiger partial charge in [0.25, 0.3) is 0 Å². The van der Waals surface area contributed by atoms with E-state index in [-0.39, 0.29) is 0 Å². The average molecular weight is 243 g/mol. The Labute approximate surface area is 106 Å². The fourth-order valence-corrected chi connectivity index (χ4v) is 2.33. The van der Waals surface area contributed by atoms with Crippen LogP contribution in [0, 0.1) is 5.41 Å². The van der Waals surface area contributed by atoms with Crippen LogP contribution in [0.3, 0.4) is 0 Å². The van der Waals surface area contributed by atoms with E-state index in [1.807, 2.05) is 6.92 Å². The van der Waals surface area contributed by atoms with E-state index >= 15 is 0 Å². The molecule has 0 saturated heterocycles. The zero-order valence-electron chi connectivity index (χ0n) is 11.7. The van der Waals surface area contributed by atoms with Gasteiger partial charge in [0.05, 0.1) is 5.60 Å². The number of ether oxygens (including phenoxy) is 1. The maximum atomic E-state index is 10.4. The molecule has 1 aliphatic rings. The van der Waals surface area contributed by atoms with E-state index in [1.54, 1.807) is 0 Å². The molecule has 0 aromatic carbocycles. The van der Waals surface area contributed by atoms with Crippen LogP contribution in [-0.2, 0) is 4.74 Å². The van der Waals surface area contributed by atoms with Gasteiger partial charge in [0.1, 0.15) is 0 Å². The van der Waals surface area contributed by atoms with Crippen molar-refractivity contribution >= 4 is 0 Å². The van der Waals surface area contributed by atoms with Gasteiger partial charge in [-0.1, -0.05) is 13.8 Å². The highest BCUT2D eigenvalue weighted by molar-refractivity contribution is 4.90. The zero-order chi connectivity index (χ0) is 12.8. The third-order valence-electron chi connectivity index (χ3n) is 3.83. The maximum absolute atomic E-state index is 10.4. The van der Waals surface area contributed by atoms with E-state index < -0.39 is 5.60 Å². The molecule has 0 bridgehead atoms. The Morgan fingerprint density at radius 3 is 2.41 bits per heavy atom. The summed E-state index contributed by atoms with van der Waals surface area (Å²) in [4.78, 5) is 0. The second kappa shape index (κ2) is 6.72. The molecule has 0 radical (unpaired) electrons. The van der Waals surface area contributed by atoms with E-state index in [0.29, 0.717) is 5.41 Å². The molecule has 1 fully saturated rings. The van der Waals surface area contributed by atoms with Crippen LogP contribution in [0.25, 0.3) is 0 Å². The largest absolute Gasteiger partial charge is 0.389 e. The minimum Gasteiger partial charge on any atom is -0.389 e. The third-order valence-corrected chi connectivity index (χ3v) is 3.83. The van der Waals surface area contributed by atoms with Gasteiger partial charge in [-0.25, -0.2) is 0 Å². The van der Waals surface area contributed by atoms with Gasteiger partial charge >= 0.3 is 0 Å². The maximum Gasteiger partial charge on any atom is 0.0772 e. The Bertz CT molecular complexity index is 206. The summed E-state index contributed by atoms with van der Waals surface area (Å²) < 4.78 is 5.28. The van der Waals surface area contributed by atoms with Gasteiger partial charge in [-0.15, -0.1) is 0 Å². The molecule has 0 aromatic rings. The first-order valence-corrected chi connectivity index (χ1v) is 6.98. The van der Waals surface area contributed by atoms with Crippen molar-refractivity contribution in [3.8, 4) is 0 Å². The van der Waals surface area contributed by atoms with Gasteiger partial charge in [-0.05, 0) is 51.0 Å². The predicted molar refractivity (Wildman–Crippen MR) is 71.2 cm³/mol. The van der Waals surface area contributed by atoms with Crippen molar-refractivity contribution in [3.63, 3.8) is 0 Å². The van der Waals surface area contributed by atoms with Crippen molar-refractivity contribution < 1.29 is 9.84 Å². The number of rotatable bonds is 7. The van der Waals surface area contributed by atoms with E-state index in [1.165, 1.54) is 0 Å². The molecule has 1 saturated carbocycles. The number of nitrogens with one attached hydrogen (secondary N) is 1. The van der Waals surface area contributed by atoms with Crippen LogP contribution in [0.2, 0.25) is 0 Å². The van der Waals surface area contributed by atoms with Crippen LogP contribution in [0.5, 0.6) is 0 Å². The Hall–Kier alpha value is -0.120. The summed E-state index contributed by atoms with van der Waals surface area (Å²) in [5.41, 5.74) is -0.0532. The van der Waals surface area contributed by atoms with Crippen molar-refractivity contribution in [2.75, 3.05) is 26.3 Å². The van der Waals surface area contributed by atoms with E-state index in [2.05, 4.69) is 19.2 Å². The van der Waals surface area contributed by atoms with Crippen LogP contribution in [0.15, 0.2) is 0 Å². The quantitative estimate of drug-likeness (QED) is 0.674. The Kier molecular flexibility index (Phi) is 5.90. The molecule has 0 spiro atoms. The zero-order valence-corrected chi connectivity index (χ0v) is 11.7. The topological polar surface area (TPSA) is 41.5 Å². The van der Waals surface area contributed by atoms with Crippen LogP contribution in [0.1, 0.15) is 52.9 Å². The molecule has 1 rings (SSSR count). The minimum atomic E-state index is -0.471.